The van der Waals surface area contributed by atoms with Gasteiger partial charge in [-0.05, 0) is 31.0 Å². The molecule has 1 atom stereocenters. The van der Waals surface area contributed by atoms with Crippen molar-refractivity contribution < 1.29 is 17.9 Å². The third-order valence-electron chi connectivity index (χ3n) is 3.41. The fourth-order valence-electron chi connectivity index (χ4n) is 2.41. The molecule has 7 heteroatoms. The Labute approximate surface area is 124 Å². The summed E-state index contributed by atoms with van der Waals surface area (Å²) in [5.41, 5.74) is 0.729. The molecular weight excluding hydrogens is 292 g/mol. The Morgan fingerprint density at radius 1 is 1.43 bits per heavy atom. The minimum atomic E-state index is -3.50. The van der Waals surface area contributed by atoms with Crippen LogP contribution in [0.3, 0.4) is 0 Å². The maximum atomic E-state index is 12.2. The molecule has 0 aliphatic carbocycles. The smallest absolute Gasteiger partial charge is 0.338 e. The largest absolute Gasteiger partial charge is 0.465 e. The third kappa shape index (κ3) is 4.52. The Bertz CT molecular complexity index is 595. The van der Waals surface area contributed by atoms with Crippen LogP contribution in [-0.2, 0) is 20.5 Å². The first-order valence-electron chi connectivity index (χ1n) is 6.89. The van der Waals surface area contributed by atoms with Crippen molar-refractivity contribution in [3.8, 4) is 0 Å². The fourth-order valence-corrected chi connectivity index (χ4v) is 3.86. The molecule has 0 aromatic heterocycles. The first-order valence-corrected chi connectivity index (χ1v) is 8.54. The van der Waals surface area contributed by atoms with Gasteiger partial charge in [-0.1, -0.05) is 18.2 Å². The van der Waals surface area contributed by atoms with Crippen LogP contribution in [0, 0.1) is 0 Å². The monoisotopic (exact) mass is 312 g/mol. The second kappa shape index (κ2) is 7.02. The number of benzene rings is 1. The first kappa shape index (κ1) is 15.9. The van der Waals surface area contributed by atoms with E-state index in [1.165, 1.54) is 7.11 Å². The summed E-state index contributed by atoms with van der Waals surface area (Å²) in [5.74, 6) is -0.755. The van der Waals surface area contributed by atoms with E-state index in [9.17, 15) is 13.2 Å². The van der Waals surface area contributed by atoms with Crippen LogP contribution in [0.2, 0.25) is 0 Å². The lowest BCUT2D eigenvalue weighted by Gasteiger charge is -2.23. The number of ether oxygens (including phenoxy) is 1. The number of hydrogen-bond donors (Lipinski definition) is 2. The lowest BCUT2D eigenvalue weighted by molar-refractivity contribution is 0.0600. The maximum absolute atomic E-state index is 12.2. The molecule has 2 N–H and O–H groups in total. The molecule has 0 spiro atoms. The van der Waals surface area contributed by atoms with Gasteiger partial charge in [-0.2, -0.15) is 0 Å². The molecular formula is C14H20N2O4S. The fraction of sp³-hybridized carbons (Fsp3) is 0.500. The molecule has 0 saturated carbocycles. The van der Waals surface area contributed by atoms with Gasteiger partial charge in [0.05, 0.1) is 18.4 Å². The van der Waals surface area contributed by atoms with Crippen molar-refractivity contribution in [2.24, 2.45) is 0 Å². The van der Waals surface area contributed by atoms with Crippen LogP contribution in [0.1, 0.15) is 28.8 Å². The molecule has 21 heavy (non-hydrogen) atoms. The Hall–Kier alpha value is -1.44. The Morgan fingerprint density at radius 2 is 2.19 bits per heavy atom. The van der Waals surface area contributed by atoms with Gasteiger partial charge < -0.3 is 10.1 Å². The molecule has 1 saturated heterocycles. The van der Waals surface area contributed by atoms with Crippen LogP contribution in [0.4, 0.5) is 0 Å². The molecule has 1 aromatic carbocycles. The molecule has 2 rings (SSSR count). The molecule has 6 nitrogen and oxygen atoms in total. The molecule has 1 heterocycles. The van der Waals surface area contributed by atoms with Crippen LogP contribution < -0.4 is 10.0 Å². The van der Waals surface area contributed by atoms with Gasteiger partial charge in [-0.15, -0.1) is 0 Å². The van der Waals surface area contributed by atoms with Gasteiger partial charge in [0.2, 0.25) is 10.0 Å². The molecule has 0 amide bonds. The molecule has 0 radical (unpaired) electrons. The van der Waals surface area contributed by atoms with E-state index in [1.54, 1.807) is 24.3 Å². The summed E-state index contributed by atoms with van der Waals surface area (Å²) in [4.78, 5) is 11.7. The van der Waals surface area contributed by atoms with Crippen molar-refractivity contribution in [1.29, 1.82) is 0 Å². The van der Waals surface area contributed by atoms with E-state index >= 15 is 0 Å². The summed E-state index contributed by atoms with van der Waals surface area (Å²) < 4.78 is 31.8. The molecule has 1 aliphatic rings. The highest BCUT2D eigenvalue weighted by atomic mass is 32.2. The highest BCUT2D eigenvalue weighted by Crippen LogP contribution is 2.14. The third-order valence-corrected chi connectivity index (χ3v) is 4.79. The number of esters is 1. The highest BCUT2D eigenvalue weighted by molar-refractivity contribution is 7.88. The zero-order chi connectivity index (χ0) is 15.3. The number of sulfonamides is 1. The van der Waals surface area contributed by atoms with Crippen LogP contribution in [-0.4, -0.2) is 40.6 Å². The van der Waals surface area contributed by atoms with E-state index in [1.807, 2.05) is 0 Å². The SMILES string of the molecule is COC(=O)c1ccccc1CS(=O)(=O)NC1CCCNC1. The van der Waals surface area contributed by atoms with Gasteiger partial charge in [-0.3, -0.25) is 0 Å². The molecule has 1 fully saturated rings. The number of carbonyl (C=O) groups excluding carboxylic acids is 1. The molecule has 1 aliphatic heterocycles. The molecule has 116 valence electrons. The summed E-state index contributed by atoms with van der Waals surface area (Å²) in [6.07, 6.45) is 1.77. The average molecular weight is 312 g/mol. The van der Waals surface area contributed by atoms with Crippen molar-refractivity contribution in [3.63, 3.8) is 0 Å². The van der Waals surface area contributed by atoms with Crippen molar-refractivity contribution in [2.45, 2.75) is 24.6 Å². The van der Waals surface area contributed by atoms with Gasteiger partial charge in [0.25, 0.3) is 0 Å². The van der Waals surface area contributed by atoms with E-state index in [-0.39, 0.29) is 17.4 Å². The first-order chi connectivity index (χ1) is 10.0. The second-order valence-electron chi connectivity index (χ2n) is 5.07. The highest BCUT2D eigenvalue weighted by Gasteiger charge is 2.22. The minimum absolute atomic E-state index is 0.0889. The topological polar surface area (TPSA) is 84.5 Å². The summed E-state index contributed by atoms with van der Waals surface area (Å²) in [7, 11) is -2.22. The number of hydrogen-bond acceptors (Lipinski definition) is 5. The van der Waals surface area contributed by atoms with E-state index in [4.69, 9.17) is 0 Å². The van der Waals surface area contributed by atoms with Crippen molar-refractivity contribution in [2.75, 3.05) is 20.2 Å². The van der Waals surface area contributed by atoms with Crippen LogP contribution in [0.15, 0.2) is 24.3 Å². The number of piperidine rings is 1. The van der Waals surface area contributed by atoms with E-state index in [2.05, 4.69) is 14.8 Å². The Balaban J connectivity index is 2.11. The van der Waals surface area contributed by atoms with Gasteiger partial charge in [0.15, 0.2) is 0 Å². The number of carbonyl (C=O) groups is 1. The average Bonchev–Trinajstić information content (AvgIpc) is 2.47. The predicted molar refractivity (Wildman–Crippen MR) is 79.4 cm³/mol. The standard InChI is InChI=1S/C14H20N2O4S/c1-20-14(17)13-7-3-2-5-11(13)10-21(18,19)16-12-6-4-8-15-9-12/h2-3,5,7,12,15-16H,4,6,8-10H2,1H3. The maximum Gasteiger partial charge on any atom is 0.338 e. The lowest BCUT2D eigenvalue weighted by atomic mass is 10.1. The molecule has 1 aromatic rings. The van der Waals surface area contributed by atoms with Crippen LogP contribution in [0.25, 0.3) is 0 Å². The summed E-state index contributed by atoms with van der Waals surface area (Å²) in [6.45, 7) is 1.56. The van der Waals surface area contributed by atoms with Gasteiger partial charge in [-0.25, -0.2) is 17.9 Å². The quantitative estimate of drug-likeness (QED) is 0.780. The van der Waals surface area contributed by atoms with Crippen molar-refractivity contribution in [1.82, 2.24) is 10.0 Å². The van der Waals surface area contributed by atoms with Crippen molar-refractivity contribution >= 4 is 16.0 Å². The number of nitrogens with one attached hydrogen (secondary N) is 2. The van der Waals surface area contributed by atoms with Gasteiger partial charge in [0.1, 0.15) is 0 Å². The lowest BCUT2D eigenvalue weighted by Crippen LogP contribution is -2.45. The van der Waals surface area contributed by atoms with E-state index < -0.39 is 16.0 Å². The zero-order valence-corrected chi connectivity index (χ0v) is 12.8. The molecule has 0 bridgehead atoms. The van der Waals surface area contributed by atoms with Crippen LogP contribution in [0.5, 0.6) is 0 Å². The summed E-state index contributed by atoms with van der Waals surface area (Å²) in [5, 5.41) is 3.16. The normalized spacial score (nSPS) is 19.2. The zero-order valence-electron chi connectivity index (χ0n) is 12.0. The van der Waals surface area contributed by atoms with E-state index in [0.29, 0.717) is 12.1 Å². The van der Waals surface area contributed by atoms with E-state index in [0.717, 1.165) is 19.4 Å². The Morgan fingerprint density at radius 3 is 2.86 bits per heavy atom. The summed E-state index contributed by atoms with van der Waals surface area (Å²) >= 11 is 0. The molecule has 1 unspecified atom stereocenters. The second-order valence-corrected chi connectivity index (χ2v) is 6.82. The number of rotatable bonds is 5. The predicted octanol–water partition coefficient (Wildman–Crippen LogP) is 0.645. The Kier molecular flexibility index (Phi) is 5.33. The number of methoxy groups -OCH3 is 1. The van der Waals surface area contributed by atoms with Crippen LogP contribution >= 0.6 is 0 Å². The van der Waals surface area contributed by atoms with Crippen molar-refractivity contribution in [3.05, 3.63) is 35.4 Å². The minimum Gasteiger partial charge on any atom is -0.465 e. The summed E-state index contributed by atoms with van der Waals surface area (Å²) in [6, 6.07) is 6.50. The van der Waals surface area contributed by atoms with Gasteiger partial charge >= 0.3 is 5.97 Å². The van der Waals surface area contributed by atoms with Gasteiger partial charge in [0, 0.05) is 12.6 Å².